The number of nitrogens with zero attached hydrogens (tertiary/aromatic N) is 1. The molecule has 5 heteroatoms. The number of ether oxygens (including phenoxy) is 1. The van der Waals surface area contributed by atoms with E-state index in [0.29, 0.717) is 0 Å². The van der Waals surface area contributed by atoms with Gasteiger partial charge in [-0.15, -0.1) is 0 Å². The first-order chi connectivity index (χ1) is 7.90. The molecule has 1 aromatic carbocycles. The molecule has 4 nitrogen and oxygen atoms in total. The average molecular weight is 237 g/mol. The fraction of sp³-hybridized carbons (Fsp3) is 0.333. The summed E-state index contributed by atoms with van der Waals surface area (Å²) < 4.78 is 18.8. The van der Waals surface area contributed by atoms with Crippen molar-refractivity contribution in [2.45, 2.75) is 18.2 Å². The highest BCUT2D eigenvalue weighted by Gasteiger charge is 2.56. The average Bonchev–Trinajstić information content (AvgIpc) is 2.37. The molecule has 0 fully saturated rings. The highest BCUT2D eigenvalue weighted by molar-refractivity contribution is 5.84. The van der Waals surface area contributed by atoms with E-state index < -0.39 is 17.2 Å². The highest BCUT2D eigenvalue weighted by atomic mass is 19.1. The Hall–Kier alpha value is -1.93. The molecule has 0 saturated heterocycles. The number of rotatable bonds is 3. The minimum Gasteiger partial charge on any atom is -0.466 e. The van der Waals surface area contributed by atoms with Crippen LogP contribution in [0.25, 0.3) is 0 Å². The van der Waals surface area contributed by atoms with Gasteiger partial charge in [-0.05, 0) is 12.5 Å². The van der Waals surface area contributed by atoms with Crippen molar-refractivity contribution in [2.24, 2.45) is 0 Å². The second-order valence-electron chi connectivity index (χ2n) is 3.68. The van der Waals surface area contributed by atoms with Crippen molar-refractivity contribution in [3.05, 3.63) is 35.9 Å². The summed E-state index contributed by atoms with van der Waals surface area (Å²) in [6.45, 7) is 0.961. The number of hydrogen-bond acceptors (Lipinski definition) is 4. The van der Waals surface area contributed by atoms with Gasteiger partial charge in [0.05, 0.1) is 7.11 Å². The lowest BCUT2D eigenvalue weighted by Gasteiger charge is -2.31. The Balaban J connectivity index is 3.30. The van der Waals surface area contributed by atoms with Crippen LogP contribution in [-0.2, 0) is 15.2 Å². The van der Waals surface area contributed by atoms with Crippen molar-refractivity contribution in [1.82, 2.24) is 0 Å². The SMILES string of the molecule is COC(=O)C(O)(C#N)C(C)(F)c1ccccc1. The first-order valence-electron chi connectivity index (χ1n) is 4.86. The second kappa shape index (κ2) is 4.52. The first kappa shape index (κ1) is 13.1. The lowest BCUT2D eigenvalue weighted by atomic mass is 9.81. The van der Waals surface area contributed by atoms with E-state index in [9.17, 15) is 14.3 Å². The molecular formula is C12H12FNO3. The van der Waals surface area contributed by atoms with Crippen molar-refractivity contribution in [3.8, 4) is 6.07 Å². The molecule has 0 amide bonds. The topological polar surface area (TPSA) is 70.3 Å². The quantitative estimate of drug-likeness (QED) is 0.635. The van der Waals surface area contributed by atoms with Gasteiger partial charge in [0.25, 0.3) is 5.60 Å². The van der Waals surface area contributed by atoms with Gasteiger partial charge in [-0.1, -0.05) is 30.3 Å². The Labute approximate surface area is 98.2 Å². The van der Waals surface area contributed by atoms with Gasteiger partial charge in [0, 0.05) is 0 Å². The van der Waals surface area contributed by atoms with Gasteiger partial charge in [-0.3, -0.25) is 0 Å². The van der Waals surface area contributed by atoms with Crippen LogP contribution in [0.5, 0.6) is 0 Å². The lowest BCUT2D eigenvalue weighted by molar-refractivity contribution is -0.170. The highest BCUT2D eigenvalue weighted by Crippen LogP contribution is 2.37. The molecule has 0 spiro atoms. The maximum atomic E-state index is 14.5. The number of alkyl halides is 1. The Kier molecular flexibility index (Phi) is 3.49. The summed E-state index contributed by atoms with van der Waals surface area (Å²) in [6, 6.07) is 8.78. The molecule has 1 rings (SSSR count). The molecule has 1 N–H and O–H groups in total. The van der Waals surface area contributed by atoms with Crippen LogP contribution in [0.15, 0.2) is 30.3 Å². The minimum absolute atomic E-state index is 0.0226. The maximum Gasteiger partial charge on any atom is 0.356 e. The molecule has 2 atom stereocenters. The molecule has 1 aromatic rings. The monoisotopic (exact) mass is 237 g/mol. The van der Waals surface area contributed by atoms with Gasteiger partial charge in [-0.2, -0.15) is 5.26 Å². The Morgan fingerprint density at radius 3 is 2.41 bits per heavy atom. The van der Waals surface area contributed by atoms with Crippen LogP contribution in [0.1, 0.15) is 12.5 Å². The summed E-state index contributed by atoms with van der Waals surface area (Å²) >= 11 is 0. The third-order valence-electron chi connectivity index (χ3n) is 2.64. The number of carbonyl (C=O) groups excluding carboxylic acids is 1. The van der Waals surface area contributed by atoms with Crippen LogP contribution in [0, 0.1) is 11.3 Å². The van der Waals surface area contributed by atoms with Crippen molar-refractivity contribution < 1.29 is 19.0 Å². The summed E-state index contributed by atoms with van der Waals surface area (Å²) in [6.07, 6.45) is 0. The normalized spacial score (nSPS) is 17.4. The zero-order chi connectivity index (χ0) is 13.1. The van der Waals surface area contributed by atoms with Crippen LogP contribution < -0.4 is 0 Å². The van der Waals surface area contributed by atoms with Crippen LogP contribution in [0.2, 0.25) is 0 Å². The second-order valence-corrected chi connectivity index (χ2v) is 3.68. The number of methoxy groups -OCH3 is 1. The number of nitriles is 1. The number of esters is 1. The molecule has 0 aliphatic carbocycles. The predicted molar refractivity (Wildman–Crippen MR) is 57.5 cm³/mol. The fourth-order valence-corrected chi connectivity index (χ4v) is 1.45. The molecule has 0 saturated carbocycles. The molecule has 0 bridgehead atoms. The van der Waals surface area contributed by atoms with Gasteiger partial charge in [0.15, 0.2) is 5.67 Å². The summed E-state index contributed by atoms with van der Waals surface area (Å²) in [5, 5.41) is 18.7. The van der Waals surface area contributed by atoms with Crippen molar-refractivity contribution >= 4 is 5.97 Å². The summed E-state index contributed by atoms with van der Waals surface area (Å²) in [5.41, 5.74) is -5.41. The molecular weight excluding hydrogens is 225 g/mol. The Bertz CT molecular complexity index is 453. The van der Waals surface area contributed by atoms with E-state index in [1.807, 2.05) is 0 Å². The molecule has 0 radical (unpaired) electrons. The molecule has 17 heavy (non-hydrogen) atoms. The molecule has 2 unspecified atom stereocenters. The van der Waals surface area contributed by atoms with Crippen LogP contribution in [0.4, 0.5) is 4.39 Å². The van der Waals surface area contributed by atoms with E-state index >= 15 is 0 Å². The van der Waals surface area contributed by atoms with E-state index in [-0.39, 0.29) is 5.56 Å². The van der Waals surface area contributed by atoms with Crippen LogP contribution in [0.3, 0.4) is 0 Å². The number of aliphatic hydroxyl groups is 1. The number of benzene rings is 1. The fourth-order valence-electron chi connectivity index (χ4n) is 1.45. The molecule has 0 heterocycles. The third-order valence-corrected chi connectivity index (χ3v) is 2.64. The number of hydrogen-bond donors (Lipinski definition) is 1. The van der Waals surface area contributed by atoms with Crippen molar-refractivity contribution in [2.75, 3.05) is 7.11 Å². The molecule has 0 aromatic heterocycles. The zero-order valence-corrected chi connectivity index (χ0v) is 9.48. The summed E-state index contributed by atoms with van der Waals surface area (Å²) in [4.78, 5) is 11.4. The van der Waals surface area contributed by atoms with E-state index in [2.05, 4.69) is 4.74 Å². The van der Waals surface area contributed by atoms with E-state index in [1.165, 1.54) is 18.2 Å². The van der Waals surface area contributed by atoms with Crippen molar-refractivity contribution in [3.63, 3.8) is 0 Å². The number of carbonyl (C=O) groups is 1. The molecule has 0 aliphatic heterocycles. The first-order valence-corrected chi connectivity index (χ1v) is 4.86. The van der Waals surface area contributed by atoms with Gasteiger partial charge < -0.3 is 9.84 Å². The van der Waals surface area contributed by atoms with Crippen LogP contribution in [-0.4, -0.2) is 23.8 Å². The van der Waals surface area contributed by atoms with Gasteiger partial charge >= 0.3 is 5.97 Å². The standard InChI is InChI=1S/C12H12FNO3/c1-11(13,9-6-4-3-5-7-9)12(16,8-14)10(15)17-2/h3-7,16H,1-2H3. The van der Waals surface area contributed by atoms with Crippen molar-refractivity contribution in [1.29, 1.82) is 5.26 Å². The van der Waals surface area contributed by atoms with E-state index in [4.69, 9.17) is 5.26 Å². The smallest absolute Gasteiger partial charge is 0.356 e. The molecule has 90 valence electrons. The largest absolute Gasteiger partial charge is 0.466 e. The minimum atomic E-state index is -2.87. The van der Waals surface area contributed by atoms with E-state index in [0.717, 1.165) is 14.0 Å². The summed E-state index contributed by atoms with van der Waals surface area (Å²) in [5.74, 6) is -1.33. The maximum absolute atomic E-state index is 14.5. The zero-order valence-electron chi connectivity index (χ0n) is 9.48. The van der Waals surface area contributed by atoms with Gasteiger partial charge in [0.2, 0.25) is 0 Å². The molecule has 0 aliphatic rings. The Morgan fingerprint density at radius 1 is 1.47 bits per heavy atom. The summed E-state index contributed by atoms with van der Waals surface area (Å²) in [7, 11) is 0.978. The Morgan fingerprint density at radius 2 is 2.00 bits per heavy atom. The lowest BCUT2D eigenvalue weighted by Crippen LogP contribution is -2.52. The van der Waals surface area contributed by atoms with E-state index in [1.54, 1.807) is 18.2 Å². The number of halogens is 1. The van der Waals surface area contributed by atoms with Crippen LogP contribution >= 0.6 is 0 Å². The predicted octanol–water partition coefficient (Wildman–Crippen LogP) is 1.30. The third kappa shape index (κ3) is 1.99. The van der Waals surface area contributed by atoms with Gasteiger partial charge in [-0.25, -0.2) is 9.18 Å². The van der Waals surface area contributed by atoms with Gasteiger partial charge in [0.1, 0.15) is 6.07 Å².